The van der Waals surface area contributed by atoms with Crippen molar-refractivity contribution in [2.24, 2.45) is 0 Å². The molecule has 4 heterocycles. The molecule has 0 aliphatic carbocycles. The Morgan fingerprint density at radius 3 is 2.12 bits per heavy atom. The molecular weight excluding hydrogens is 830 g/mol. The summed E-state index contributed by atoms with van der Waals surface area (Å²) in [7, 11) is -0.880. The van der Waals surface area contributed by atoms with Gasteiger partial charge in [-0.1, -0.05) is 74.8 Å². The number of hydrogen-bond acceptors (Lipinski definition) is 6. The summed E-state index contributed by atoms with van der Waals surface area (Å²) >= 11 is 0. The van der Waals surface area contributed by atoms with E-state index in [9.17, 15) is 0 Å². The van der Waals surface area contributed by atoms with E-state index < -0.39 is 7.25 Å². The maximum atomic E-state index is 6.44. The molecule has 5 aromatic carbocycles. The van der Waals surface area contributed by atoms with Gasteiger partial charge in [0, 0.05) is 41.4 Å². The van der Waals surface area contributed by atoms with Gasteiger partial charge in [-0.25, -0.2) is 4.98 Å². The summed E-state index contributed by atoms with van der Waals surface area (Å²) in [5.41, 5.74) is 3.80. The Morgan fingerprint density at radius 1 is 0.673 bits per heavy atom. The molecule has 0 fully saturated rings. The minimum atomic E-state index is -0.880. The predicted molar refractivity (Wildman–Crippen MR) is 198 cm³/mol. The molecule has 0 spiro atoms. The summed E-state index contributed by atoms with van der Waals surface area (Å²) in [5, 5.41) is 2.18. The number of imidazole rings is 1. The number of rotatable bonds is 5. The van der Waals surface area contributed by atoms with Gasteiger partial charge in [-0.3, -0.25) is 4.98 Å². The largest absolute Gasteiger partial charge is 2.00 e. The van der Waals surface area contributed by atoms with Gasteiger partial charge in [-0.2, -0.15) is 6.07 Å². The SMILES string of the molecule is CC(C)(C)c1ccnc(-n2c3[c-]c(Oc4[c-]c(-c5nccn5B5Oc6ccccc6Oc6ccccc6O5)ccc4)ccc3c3ccccc32)c1.[Pt+2]. The zero-order valence-corrected chi connectivity index (χ0v) is 30.8. The molecule has 0 amide bonds. The minimum Gasteiger partial charge on any atom is -0.504 e. The fraction of sp³-hybridized carbons (Fsp3) is 0.0952. The minimum absolute atomic E-state index is 0. The Labute approximate surface area is 316 Å². The molecule has 52 heavy (non-hydrogen) atoms. The molecule has 9 rings (SSSR count). The molecular formula is C42H31BN4O4Pt. The third kappa shape index (κ3) is 6.11. The van der Waals surface area contributed by atoms with Gasteiger partial charge in [-0.15, -0.1) is 41.3 Å². The van der Waals surface area contributed by atoms with E-state index in [0.717, 1.165) is 27.6 Å². The van der Waals surface area contributed by atoms with Gasteiger partial charge >= 0.3 is 28.3 Å². The van der Waals surface area contributed by atoms with Crippen LogP contribution >= 0.6 is 0 Å². The summed E-state index contributed by atoms with van der Waals surface area (Å²) in [4.78, 5) is 9.47. The molecule has 3 aromatic heterocycles. The molecule has 1 aliphatic heterocycles. The third-order valence-corrected chi connectivity index (χ3v) is 8.90. The van der Waals surface area contributed by atoms with Crippen LogP contribution in [-0.2, 0) is 26.5 Å². The third-order valence-electron chi connectivity index (χ3n) is 8.90. The molecule has 0 N–H and O–H groups in total. The second-order valence-electron chi connectivity index (χ2n) is 13.3. The van der Waals surface area contributed by atoms with Crippen LogP contribution in [0.25, 0.3) is 39.0 Å². The van der Waals surface area contributed by atoms with Crippen molar-refractivity contribution < 1.29 is 39.8 Å². The van der Waals surface area contributed by atoms with Gasteiger partial charge in [0.1, 0.15) is 17.3 Å². The monoisotopic (exact) mass is 861 g/mol. The van der Waals surface area contributed by atoms with Crippen molar-refractivity contribution in [3.8, 4) is 51.7 Å². The van der Waals surface area contributed by atoms with Crippen LogP contribution in [0.3, 0.4) is 0 Å². The van der Waals surface area contributed by atoms with Crippen LogP contribution in [0.5, 0.6) is 34.5 Å². The Kier molecular flexibility index (Phi) is 8.60. The maximum Gasteiger partial charge on any atom is 2.00 e. The summed E-state index contributed by atoms with van der Waals surface area (Å²) in [5.74, 6) is 4.75. The van der Waals surface area contributed by atoms with Gasteiger partial charge < -0.3 is 27.8 Å². The first-order valence-corrected chi connectivity index (χ1v) is 16.7. The van der Waals surface area contributed by atoms with Crippen molar-refractivity contribution in [1.82, 2.24) is 19.0 Å². The first-order valence-electron chi connectivity index (χ1n) is 16.7. The molecule has 10 heteroatoms. The van der Waals surface area contributed by atoms with Gasteiger partial charge in [0.05, 0.1) is 0 Å². The van der Waals surface area contributed by atoms with E-state index in [1.807, 2.05) is 95.7 Å². The van der Waals surface area contributed by atoms with E-state index >= 15 is 0 Å². The first kappa shape index (κ1) is 33.4. The summed E-state index contributed by atoms with van der Waals surface area (Å²) in [6.45, 7) is 6.62. The zero-order chi connectivity index (χ0) is 34.5. The van der Waals surface area contributed by atoms with E-state index in [1.165, 1.54) is 5.56 Å². The van der Waals surface area contributed by atoms with Crippen molar-refractivity contribution in [2.75, 3.05) is 0 Å². The molecule has 0 unspecified atom stereocenters. The molecule has 0 saturated carbocycles. The average Bonchev–Trinajstić information content (AvgIpc) is 3.75. The first-order chi connectivity index (χ1) is 24.9. The Bertz CT molecular complexity index is 2530. The molecule has 0 atom stereocenters. The predicted octanol–water partition coefficient (Wildman–Crippen LogP) is 9.83. The van der Waals surface area contributed by atoms with Gasteiger partial charge in [0.15, 0.2) is 11.5 Å². The Balaban J connectivity index is 0.00000387. The second kappa shape index (κ2) is 13.4. The molecule has 1 aliphatic rings. The summed E-state index contributed by atoms with van der Waals surface area (Å²) in [6, 6.07) is 44.3. The number of pyridine rings is 1. The topological polar surface area (TPSA) is 72.6 Å². The second-order valence-corrected chi connectivity index (χ2v) is 13.3. The molecule has 256 valence electrons. The summed E-state index contributed by atoms with van der Waals surface area (Å²) in [6.07, 6.45) is 5.40. The summed E-state index contributed by atoms with van der Waals surface area (Å²) < 4.78 is 29.3. The number of para-hydroxylation sites is 5. The number of benzene rings is 5. The van der Waals surface area contributed by atoms with Crippen LogP contribution in [0.4, 0.5) is 0 Å². The van der Waals surface area contributed by atoms with Gasteiger partial charge in [0.25, 0.3) is 0 Å². The standard InChI is InChI=1S/C42H31BN4O4.Pt/c1-42(2,3)29-21-22-44-40(26-29)47-34-14-5-4-13-32(34)33-20-19-31(27-35(33)47)48-30-12-10-11-28(25-30)41-45-23-24-46(41)43-50-38-17-8-6-15-36(38)49-37-16-7-9-18-39(37)51-43;/h4-24,26H,1-3H3;/q-2;+2. The van der Waals surface area contributed by atoms with Crippen LogP contribution in [-0.4, -0.2) is 26.3 Å². The van der Waals surface area contributed by atoms with E-state index in [0.29, 0.717) is 45.9 Å². The maximum absolute atomic E-state index is 6.44. The zero-order valence-electron chi connectivity index (χ0n) is 28.5. The van der Waals surface area contributed by atoms with Crippen LogP contribution in [0.15, 0.2) is 134 Å². The normalized spacial score (nSPS) is 12.4. The fourth-order valence-electron chi connectivity index (χ4n) is 6.36. The average molecular weight is 862 g/mol. The number of nitrogens with zero attached hydrogens (tertiary/aromatic N) is 4. The molecule has 0 saturated heterocycles. The molecule has 8 aromatic rings. The molecule has 8 nitrogen and oxygen atoms in total. The quantitative estimate of drug-likeness (QED) is 0.127. The van der Waals surface area contributed by atoms with E-state index in [2.05, 4.69) is 78.9 Å². The van der Waals surface area contributed by atoms with E-state index in [1.54, 1.807) is 6.20 Å². The van der Waals surface area contributed by atoms with E-state index in [-0.39, 0.29) is 26.5 Å². The number of aromatic nitrogens is 4. The van der Waals surface area contributed by atoms with Gasteiger partial charge in [-0.05, 0) is 58.8 Å². The van der Waals surface area contributed by atoms with Crippen molar-refractivity contribution in [1.29, 1.82) is 0 Å². The van der Waals surface area contributed by atoms with E-state index in [4.69, 9.17) is 23.8 Å². The van der Waals surface area contributed by atoms with Crippen LogP contribution in [0.1, 0.15) is 26.3 Å². The number of hydrogen-bond donors (Lipinski definition) is 0. The fourth-order valence-corrected chi connectivity index (χ4v) is 6.36. The molecule has 0 radical (unpaired) electrons. The van der Waals surface area contributed by atoms with Crippen molar-refractivity contribution >= 4 is 29.1 Å². The van der Waals surface area contributed by atoms with Crippen molar-refractivity contribution in [2.45, 2.75) is 26.2 Å². The molecule has 0 bridgehead atoms. The Morgan fingerprint density at radius 2 is 1.37 bits per heavy atom. The van der Waals surface area contributed by atoms with Crippen LogP contribution in [0.2, 0.25) is 0 Å². The van der Waals surface area contributed by atoms with Crippen molar-refractivity contribution in [3.05, 3.63) is 152 Å². The van der Waals surface area contributed by atoms with Crippen LogP contribution in [0, 0.1) is 12.1 Å². The van der Waals surface area contributed by atoms with Crippen molar-refractivity contribution in [3.63, 3.8) is 0 Å². The van der Waals surface area contributed by atoms with Gasteiger partial charge in [0.2, 0.25) is 0 Å². The smallest absolute Gasteiger partial charge is 0.504 e. The number of fused-ring (bicyclic) bond motifs is 5. The Hall–Kier alpha value is -5.79. The number of ether oxygens (including phenoxy) is 2. The van der Waals surface area contributed by atoms with Crippen LogP contribution < -0.4 is 18.8 Å².